The molecule has 0 spiro atoms. The minimum atomic E-state index is 0.0341. The molecule has 0 aliphatic carbocycles. The van der Waals surface area contributed by atoms with Crippen molar-refractivity contribution < 1.29 is 9.47 Å². The maximum Gasteiger partial charge on any atom is 0.137 e. The largest absolute Gasteiger partial charge is 0.489 e. The Morgan fingerprint density at radius 3 is 2.75 bits per heavy atom. The third kappa shape index (κ3) is 2.60. The maximum absolute atomic E-state index is 5.84. The summed E-state index contributed by atoms with van der Waals surface area (Å²) in [6, 6.07) is 15.6. The predicted molar refractivity (Wildman–Crippen MR) is 82.4 cm³/mol. The molecule has 1 aliphatic rings. The van der Waals surface area contributed by atoms with Gasteiger partial charge in [0.15, 0.2) is 0 Å². The van der Waals surface area contributed by atoms with Gasteiger partial charge in [0, 0.05) is 6.42 Å². The van der Waals surface area contributed by atoms with Crippen molar-refractivity contribution in [2.24, 2.45) is 5.73 Å². The second kappa shape index (κ2) is 5.51. The molecule has 2 aromatic carbocycles. The van der Waals surface area contributed by atoms with Crippen LogP contribution in [0.1, 0.15) is 11.1 Å². The molecule has 0 aromatic heterocycles. The van der Waals surface area contributed by atoms with E-state index in [-0.39, 0.29) is 6.10 Å². The zero-order valence-corrected chi connectivity index (χ0v) is 11.7. The van der Waals surface area contributed by atoms with Gasteiger partial charge < -0.3 is 15.2 Å². The molecule has 3 nitrogen and oxygen atoms in total. The zero-order valence-electron chi connectivity index (χ0n) is 10.9. The van der Waals surface area contributed by atoms with E-state index in [2.05, 4.69) is 6.07 Å². The molecule has 1 atom stereocenters. The van der Waals surface area contributed by atoms with E-state index in [0.717, 1.165) is 17.7 Å². The summed E-state index contributed by atoms with van der Waals surface area (Å²) in [5, 5.41) is 0. The van der Waals surface area contributed by atoms with Gasteiger partial charge in [-0.25, -0.2) is 0 Å². The van der Waals surface area contributed by atoms with Gasteiger partial charge in [0.05, 0.1) is 5.56 Å². The van der Waals surface area contributed by atoms with Crippen molar-refractivity contribution in [1.82, 2.24) is 0 Å². The molecular formula is C16H15NO2S. The minimum absolute atomic E-state index is 0.0341. The van der Waals surface area contributed by atoms with Crippen molar-refractivity contribution >= 4 is 17.2 Å². The first-order chi connectivity index (χ1) is 9.74. The van der Waals surface area contributed by atoms with Crippen LogP contribution in [0, 0.1) is 0 Å². The highest BCUT2D eigenvalue weighted by molar-refractivity contribution is 7.80. The lowest BCUT2D eigenvalue weighted by Crippen LogP contribution is -2.23. The molecule has 102 valence electrons. The van der Waals surface area contributed by atoms with E-state index in [4.69, 9.17) is 27.4 Å². The third-order valence-corrected chi connectivity index (χ3v) is 3.51. The van der Waals surface area contributed by atoms with Gasteiger partial charge in [0.25, 0.3) is 0 Å². The van der Waals surface area contributed by atoms with Gasteiger partial charge >= 0.3 is 0 Å². The molecule has 4 heteroatoms. The number of rotatable bonds is 4. The first kappa shape index (κ1) is 12.9. The van der Waals surface area contributed by atoms with Crippen molar-refractivity contribution in [1.29, 1.82) is 0 Å². The van der Waals surface area contributed by atoms with Crippen molar-refractivity contribution in [3.63, 3.8) is 0 Å². The number of hydrogen-bond acceptors (Lipinski definition) is 3. The van der Waals surface area contributed by atoms with Crippen LogP contribution in [0.15, 0.2) is 48.5 Å². The molecule has 1 unspecified atom stereocenters. The molecule has 0 saturated carbocycles. The van der Waals surface area contributed by atoms with Crippen molar-refractivity contribution in [3.8, 4) is 11.5 Å². The van der Waals surface area contributed by atoms with Crippen LogP contribution >= 0.6 is 12.2 Å². The first-order valence-electron chi connectivity index (χ1n) is 6.50. The Bertz CT molecular complexity index is 617. The van der Waals surface area contributed by atoms with Gasteiger partial charge in [-0.05, 0) is 23.8 Å². The quantitative estimate of drug-likeness (QED) is 0.877. The van der Waals surface area contributed by atoms with E-state index in [0.29, 0.717) is 17.3 Å². The Morgan fingerprint density at radius 2 is 1.95 bits per heavy atom. The summed E-state index contributed by atoms with van der Waals surface area (Å²) < 4.78 is 11.7. The molecule has 3 rings (SSSR count). The molecule has 20 heavy (non-hydrogen) atoms. The van der Waals surface area contributed by atoms with Crippen LogP contribution in [0.4, 0.5) is 0 Å². The molecular weight excluding hydrogens is 270 g/mol. The van der Waals surface area contributed by atoms with Crippen LogP contribution in [-0.2, 0) is 6.42 Å². The summed E-state index contributed by atoms with van der Waals surface area (Å²) in [4.78, 5) is 0.344. The average Bonchev–Trinajstić information content (AvgIpc) is 2.88. The highest BCUT2D eigenvalue weighted by atomic mass is 32.1. The smallest absolute Gasteiger partial charge is 0.137 e. The van der Waals surface area contributed by atoms with Gasteiger partial charge in [0.2, 0.25) is 0 Å². The molecule has 0 bridgehead atoms. The van der Waals surface area contributed by atoms with E-state index in [9.17, 15) is 0 Å². The Morgan fingerprint density at radius 1 is 1.20 bits per heavy atom. The fourth-order valence-corrected chi connectivity index (χ4v) is 2.49. The second-order valence-electron chi connectivity index (χ2n) is 4.72. The van der Waals surface area contributed by atoms with Crippen LogP contribution in [0.3, 0.4) is 0 Å². The average molecular weight is 285 g/mol. The van der Waals surface area contributed by atoms with Crippen LogP contribution in [0.25, 0.3) is 0 Å². The maximum atomic E-state index is 5.84. The number of thiocarbonyl (C=S) groups is 1. The lowest BCUT2D eigenvalue weighted by atomic mass is 10.1. The van der Waals surface area contributed by atoms with E-state index in [1.165, 1.54) is 5.56 Å². The molecule has 1 aliphatic heterocycles. The monoisotopic (exact) mass is 285 g/mol. The van der Waals surface area contributed by atoms with Crippen molar-refractivity contribution in [3.05, 3.63) is 59.7 Å². The summed E-state index contributed by atoms with van der Waals surface area (Å²) in [6.45, 7) is 0.480. The van der Waals surface area contributed by atoms with Gasteiger partial charge in [-0.3, -0.25) is 0 Å². The fraction of sp³-hybridized carbons (Fsp3) is 0.188. The zero-order chi connectivity index (χ0) is 13.9. The molecule has 0 amide bonds. The molecule has 2 N–H and O–H groups in total. The Labute approximate surface area is 123 Å². The number of hydrogen-bond donors (Lipinski definition) is 1. The van der Waals surface area contributed by atoms with Gasteiger partial charge in [-0.15, -0.1) is 0 Å². The SMILES string of the molecule is NC(=S)c1ccccc1OCC1Cc2ccccc2O1. The third-order valence-electron chi connectivity index (χ3n) is 3.29. The summed E-state index contributed by atoms with van der Waals surface area (Å²) in [5.41, 5.74) is 7.68. The number of benzene rings is 2. The molecule has 0 saturated heterocycles. The van der Waals surface area contributed by atoms with Gasteiger partial charge in [0.1, 0.15) is 29.2 Å². The lowest BCUT2D eigenvalue weighted by molar-refractivity contribution is 0.148. The minimum Gasteiger partial charge on any atom is -0.489 e. The Hall–Kier alpha value is -2.07. The highest BCUT2D eigenvalue weighted by Gasteiger charge is 2.23. The lowest BCUT2D eigenvalue weighted by Gasteiger charge is -2.14. The first-order valence-corrected chi connectivity index (χ1v) is 6.91. The molecule has 0 fully saturated rings. The number of nitrogens with two attached hydrogens (primary N) is 1. The molecule has 2 aromatic rings. The molecule has 1 heterocycles. The summed E-state index contributed by atoms with van der Waals surface area (Å²) >= 11 is 5.02. The van der Waals surface area contributed by atoms with Gasteiger partial charge in [-0.2, -0.15) is 0 Å². The Kier molecular flexibility index (Phi) is 3.56. The van der Waals surface area contributed by atoms with Crippen molar-refractivity contribution in [2.45, 2.75) is 12.5 Å². The van der Waals surface area contributed by atoms with Crippen LogP contribution in [-0.4, -0.2) is 17.7 Å². The summed E-state index contributed by atoms with van der Waals surface area (Å²) in [6.07, 6.45) is 0.901. The number of para-hydroxylation sites is 2. The van der Waals surface area contributed by atoms with Gasteiger partial charge in [-0.1, -0.05) is 42.5 Å². The number of fused-ring (bicyclic) bond motifs is 1. The van der Waals surface area contributed by atoms with Crippen LogP contribution < -0.4 is 15.2 Å². The normalized spacial score (nSPS) is 16.3. The van der Waals surface area contributed by atoms with E-state index in [1.807, 2.05) is 42.5 Å². The highest BCUT2D eigenvalue weighted by Crippen LogP contribution is 2.28. The fourth-order valence-electron chi connectivity index (χ4n) is 2.33. The van der Waals surface area contributed by atoms with E-state index < -0.39 is 0 Å². The van der Waals surface area contributed by atoms with E-state index >= 15 is 0 Å². The molecule has 0 radical (unpaired) electrons. The number of ether oxygens (including phenoxy) is 2. The van der Waals surface area contributed by atoms with Crippen LogP contribution in [0.5, 0.6) is 11.5 Å². The van der Waals surface area contributed by atoms with Crippen molar-refractivity contribution in [2.75, 3.05) is 6.61 Å². The van der Waals surface area contributed by atoms with E-state index in [1.54, 1.807) is 0 Å². The summed E-state index contributed by atoms with van der Waals surface area (Å²) in [7, 11) is 0. The topological polar surface area (TPSA) is 44.5 Å². The standard InChI is InChI=1S/C16H15NO2S/c17-16(20)13-6-2-4-8-15(13)18-10-12-9-11-5-1-3-7-14(11)19-12/h1-8,12H,9-10H2,(H2,17,20). The predicted octanol–water partition coefficient (Wildman–Crippen LogP) is 2.70. The summed E-state index contributed by atoms with van der Waals surface area (Å²) in [5.74, 6) is 1.66. The Balaban J connectivity index is 1.66. The van der Waals surface area contributed by atoms with Crippen LogP contribution in [0.2, 0.25) is 0 Å². The second-order valence-corrected chi connectivity index (χ2v) is 5.16.